The molecule has 11 aliphatic rings. The monoisotopic (exact) mass is 2090 g/mol. The first-order chi connectivity index (χ1) is 70.1. The minimum absolute atomic E-state index is 0.0589. The molecule has 45 heteroatoms. The quantitative estimate of drug-likeness (QED) is 0.0232. The highest BCUT2D eigenvalue weighted by Crippen LogP contribution is 2.71. The Kier molecular flexibility index (Phi) is 36.1. The SMILES string of the molecule is CC(=O)[O-].CCCCCCCCCCC(=O)N[C@H]1[C@H](Oc2c3cc4cc2Oc2ccc(cc2Cl)[C@@H](O)[C@@H]2NC(=O)[C@H](NC(=O)[C@@H]4NC(=O)[C@H]4NC(=O)[C@@H](Cc5ccc(cc5)O3)NC(=O)[C@@H](NC)c3ccc(O)c(c3)Oc3cc(O[P+](N5CCCC5)(N5CCCC5)N5CCCC5)c(Cl)c4c3)c3ccc(O)c(c3)-c3c(O[C@H]4O[C@H](CO)[C@@H](O)[C@H](O)[C@@H]4O)cc(O)cc3[C@@H](C(=O)NCCCN(C)C)NC2=O)O[C@H](CO)[C@@H](O)[C@@H]1O. The molecule has 5 fully saturated rings. The Hall–Kier alpha value is -11.6. The molecule has 17 bridgehead atoms. The number of aliphatic carboxylic acids is 1. The fourth-order valence-corrected chi connectivity index (χ4v) is 24.4. The van der Waals surface area contributed by atoms with Gasteiger partial charge in [-0.05, 0) is 192 Å². The number of halogens is 2. The largest absolute Gasteiger partial charge is 0.550 e. The summed E-state index contributed by atoms with van der Waals surface area (Å²) >= 11 is 15.5. The minimum Gasteiger partial charge on any atom is -0.550 e. The first-order valence-electron chi connectivity index (χ1n) is 49.2. The second-order valence-electron chi connectivity index (χ2n) is 37.9. The van der Waals surface area contributed by atoms with E-state index in [1.54, 1.807) is 26.2 Å². The van der Waals surface area contributed by atoms with Crippen molar-refractivity contribution in [2.45, 2.75) is 233 Å². The van der Waals surface area contributed by atoms with Crippen molar-refractivity contribution in [3.05, 3.63) is 164 Å². The van der Waals surface area contributed by atoms with Crippen LogP contribution in [0.3, 0.4) is 0 Å². The number of carbonyl (C=O) groups excluding carboxylic acids is 9. The summed E-state index contributed by atoms with van der Waals surface area (Å²) < 4.78 is 61.1. The molecule has 7 aromatic rings. The van der Waals surface area contributed by atoms with Crippen molar-refractivity contribution in [3.63, 3.8) is 0 Å². The Bertz CT molecular complexity index is 5840. The van der Waals surface area contributed by atoms with Crippen LogP contribution in [-0.2, 0) is 59.0 Å². The maximum atomic E-state index is 17.4. The number of nitrogens with zero attached hydrogens (tertiary/aromatic N) is 4. The van der Waals surface area contributed by atoms with Gasteiger partial charge in [0.1, 0.15) is 132 Å². The van der Waals surface area contributed by atoms with Gasteiger partial charge < -0.3 is 152 Å². The summed E-state index contributed by atoms with van der Waals surface area (Å²) in [7, 11) is 1.87. The topological polar surface area (TPSA) is 594 Å². The van der Waals surface area contributed by atoms with Crippen LogP contribution < -0.4 is 81.2 Å². The summed E-state index contributed by atoms with van der Waals surface area (Å²) in [5, 5.41) is 162. The lowest BCUT2D eigenvalue weighted by atomic mass is 9.89. The predicted octanol–water partition coefficient (Wildman–Crippen LogP) is 5.22. The number of ether oxygens (including phenoxy) is 7. The van der Waals surface area contributed by atoms with E-state index >= 15 is 33.6 Å². The maximum absolute atomic E-state index is 17.4. The fourth-order valence-electron chi connectivity index (χ4n) is 19.6. The molecule has 11 heterocycles. The summed E-state index contributed by atoms with van der Waals surface area (Å²) in [6, 6.07) is 8.33. The number of nitrogens with one attached hydrogen (secondary N) is 9. The van der Waals surface area contributed by atoms with Crippen molar-refractivity contribution in [1.29, 1.82) is 0 Å². The number of benzene rings is 7. The standard InChI is InChI=1S/C99H122Cl2N13O27P.C2H4O2/c1-5-6-7-8-9-10-11-12-20-74(120)105-83-87(124)85(122)72(49-115)138-98(83)140-90-70-43-55-44-71(90)136-66-30-25-54(41-62(66)100)84(121)82-97(133)109-80(92(128)103-31-19-32-111(3)4)60-45-56(117)46-68(137-99-89(126)88(125)86(123)73(50-116)139-99)75(60)59-40-52(23-28-64(59)118)78(94(130)110-82)106-95(131)79(55)107-96(132)81-61-47-58(48-69(76(61)101)141-142(112-33-13-14-34-112,113-35-15-16-36-113)114-37-17-18-38-114)135-67-42-53(24-29-65(67)119)77(102-2)93(129)104-63(91(127)108-81)39-51-21-26-57(134-70)27-22-51;1-2(3)4/h21-30,40-48,63,72-73,77-89,98-99,102,115-116,121-126H,5-20,31-39,49-50H2,1-4H3,(H10-,103,104,105,106,107,108,109,110,117,118,119,120,127,128,129,130,131,132,133);1H3,(H,3,4)/t63-,72-,73-,77+,78-,79-,80+,81+,82+,83-,84-,85-,86-,87-,88+,89+,98+,99+;/m1./s1. The van der Waals surface area contributed by atoms with E-state index in [2.05, 4.69) is 68.8 Å². The molecule has 788 valence electrons. The molecule has 5 saturated heterocycles. The third-order valence-corrected chi connectivity index (χ3v) is 31.7. The highest BCUT2D eigenvalue weighted by Gasteiger charge is 2.63. The number of phenolic OH excluding ortho intramolecular Hbond substituents is 3. The van der Waals surface area contributed by atoms with Gasteiger partial charge in [-0.2, -0.15) is 0 Å². The number of fused-ring (bicyclic) bond motifs is 14. The molecule has 0 aromatic heterocycles. The van der Waals surface area contributed by atoms with Crippen LogP contribution in [-0.4, -0.2) is 288 Å². The Morgan fingerprint density at radius 3 is 1.73 bits per heavy atom. The minimum atomic E-state index is -3.20. The average Bonchev–Trinajstić information content (AvgIpc) is 1.55. The number of aromatic hydroxyl groups is 3. The highest BCUT2D eigenvalue weighted by molar-refractivity contribution is 7.64. The van der Waals surface area contributed by atoms with E-state index in [0.717, 1.165) is 126 Å². The predicted molar refractivity (Wildman–Crippen MR) is 526 cm³/mol. The van der Waals surface area contributed by atoms with Gasteiger partial charge in [-0.15, -0.1) is 14.0 Å². The Morgan fingerprint density at radius 1 is 0.534 bits per heavy atom. The molecular weight excluding hydrogens is 1960 g/mol. The van der Waals surface area contributed by atoms with Crippen LogP contribution >= 0.6 is 31.1 Å². The van der Waals surface area contributed by atoms with Gasteiger partial charge in [-0.25, -0.2) is 0 Å². The Balaban J connectivity index is 0.00000393. The van der Waals surface area contributed by atoms with Crippen molar-refractivity contribution in [1.82, 2.24) is 66.8 Å². The number of rotatable bonds is 27. The van der Waals surface area contributed by atoms with Gasteiger partial charge in [-0.3, -0.25) is 42.9 Å². The van der Waals surface area contributed by atoms with Gasteiger partial charge in [0.25, 0.3) is 0 Å². The highest BCUT2D eigenvalue weighted by atomic mass is 35.5. The van der Waals surface area contributed by atoms with E-state index < -0.39 is 252 Å². The van der Waals surface area contributed by atoms with Crippen LogP contribution in [0.4, 0.5) is 0 Å². The Morgan fingerprint density at radius 2 is 1.10 bits per heavy atom. The first kappa shape index (κ1) is 109. The van der Waals surface area contributed by atoms with Crippen molar-refractivity contribution in [3.8, 4) is 80.1 Å². The number of unbranched alkanes of at least 4 members (excludes halogenated alkanes) is 7. The van der Waals surface area contributed by atoms with Crippen molar-refractivity contribution < 1.29 is 142 Å². The van der Waals surface area contributed by atoms with Crippen LogP contribution in [0.5, 0.6) is 69.0 Å². The smallest absolute Gasteiger partial charge is 0.417 e. The lowest BCUT2D eigenvalue weighted by Gasteiger charge is -2.42. The molecule has 8 amide bonds. The van der Waals surface area contributed by atoms with Crippen LogP contribution in [0.25, 0.3) is 11.1 Å². The van der Waals surface area contributed by atoms with Gasteiger partial charge in [0.05, 0.1) is 23.3 Å². The first-order valence-corrected chi connectivity index (χ1v) is 51.5. The number of phenols is 3. The molecule has 146 heavy (non-hydrogen) atoms. The normalized spacial score (nSPS) is 26.1. The van der Waals surface area contributed by atoms with Gasteiger partial charge in [0.2, 0.25) is 71.3 Å². The Labute approximate surface area is 852 Å². The molecule has 18 atom stereocenters. The number of amides is 8. The zero-order valence-corrected chi connectivity index (χ0v) is 83.6. The van der Waals surface area contributed by atoms with E-state index in [0.29, 0.717) is 70.6 Å². The number of likely N-dealkylation sites (N-methyl/N-ethyl adjacent to an activating group) is 1. The van der Waals surface area contributed by atoms with Crippen LogP contribution in [0.1, 0.15) is 192 Å². The summed E-state index contributed by atoms with van der Waals surface area (Å²) in [4.78, 5) is 140. The van der Waals surface area contributed by atoms with E-state index in [4.69, 9.17) is 70.8 Å². The second-order valence-corrected chi connectivity index (χ2v) is 41.6. The second kappa shape index (κ2) is 48.6. The molecule has 7 aromatic carbocycles. The lowest BCUT2D eigenvalue weighted by molar-refractivity contribution is -0.302. The summed E-state index contributed by atoms with van der Waals surface area (Å²) in [6.45, 7) is 5.30. The molecule has 0 radical (unpaired) electrons. The molecule has 0 aliphatic carbocycles. The lowest BCUT2D eigenvalue weighted by Crippen LogP contribution is -2.65. The number of hydrogen-bond donors (Lipinski definition) is 20. The zero-order valence-electron chi connectivity index (χ0n) is 81.2. The van der Waals surface area contributed by atoms with E-state index in [-0.39, 0.29) is 75.4 Å². The van der Waals surface area contributed by atoms with Gasteiger partial charge in [0, 0.05) is 93.4 Å². The van der Waals surface area contributed by atoms with Gasteiger partial charge >= 0.3 is 7.94 Å². The summed E-state index contributed by atoms with van der Waals surface area (Å²) in [5.74, 6) is -14.9. The van der Waals surface area contributed by atoms with Crippen molar-refractivity contribution >= 4 is 84.4 Å². The number of aliphatic hydroxyl groups excluding tert-OH is 8. The van der Waals surface area contributed by atoms with E-state index in [1.165, 1.54) is 67.7 Å². The van der Waals surface area contributed by atoms with Crippen LogP contribution in [0, 0.1) is 0 Å². The van der Waals surface area contributed by atoms with Crippen LogP contribution in [0.2, 0.25) is 10.0 Å². The van der Waals surface area contributed by atoms with E-state index in [1.807, 2.05) is 4.90 Å². The summed E-state index contributed by atoms with van der Waals surface area (Å²) in [6.07, 6.45) is -7.70. The van der Waals surface area contributed by atoms with Gasteiger partial charge in [-0.1, -0.05) is 105 Å². The molecule has 42 nitrogen and oxygen atoms in total. The number of carboxylic acid groups (broad SMARTS) is 1. The molecule has 11 aliphatic heterocycles. The molecule has 0 unspecified atom stereocenters. The average molecular weight is 2090 g/mol. The zero-order chi connectivity index (χ0) is 104. The van der Waals surface area contributed by atoms with Gasteiger partial charge in [0.15, 0.2) is 23.0 Å². The molecule has 20 N–H and O–H groups in total. The third-order valence-electron chi connectivity index (χ3n) is 27.2. The molecular formula is C101H126Cl2N13O29P. The third kappa shape index (κ3) is 24.7. The summed E-state index contributed by atoms with van der Waals surface area (Å²) in [5.41, 5.74) is -2.01. The number of hydrogen-bond acceptors (Lipinski definition) is 34. The van der Waals surface area contributed by atoms with E-state index in [9.17, 15) is 61.0 Å². The maximum Gasteiger partial charge on any atom is 0.417 e. The number of aliphatic hydroxyl groups is 8. The van der Waals surface area contributed by atoms with Crippen LogP contribution in [0.15, 0.2) is 115 Å². The van der Waals surface area contributed by atoms with Crippen molar-refractivity contribution in [2.24, 2.45) is 0 Å². The molecule has 18 rings (SSSR count). The number of carboxylic acids is 1. The number of carbonyl (C=O) groups is 9. The van der Waals surface area contributed by atoms with Crippen molar-refractivity contribution in [2.75, 3.05) is 86.7 Å². The fraction of sp³-hybridized carbons (Fsp3) is 0.495. The molecule has 0 saturated carbocycles. The molecule has 0 spiro atoms.